The second-order valence-electron chi connectivity index (χ2n) is 8.54. The molecule has 1 fully saturated rings. The number of phenolic OH excluding ortho intramolecular Hbond substituents is 1. The van der Waals surface area contributed by atoms with Gasteiger partial charge in [-0.15, -0.1) is 11.3 Å². The van der Waals surface area contributed by atoms with E-state index in [9.17, 15) is 19.8 Å². The van der Waals surface area contributed by atoms with Crippen molar-refractivity contribution < 1.29 is 19.8 Å². The molecule has 7 nitrogen and oxygen atoms in total. The Morgan fingerprint density at radius 2 is 1.56 bits per heavy atom. The van der Waals surface area contributed by atoms with E-state index in [1.165, 1.54) is 28.4 Å². The second-order valence-corrected chi connectivity index (χ2v) is 9.49. The summed E-state index contributed by atoms with van der Waals surface area (Å²) in [5, 5.41) is 22.4. The number of ketones is 1. The molecule has 1 atom stereocenters. The van der Waals surface area contributed by atoms with Gasteiger partial charge in [-0.25, -0.2) is 0 Å². The van der Waals surface area contributed by atoms with Gasteiger partial charge in [0.2, 0.25) is 5.78 Å². The molecule has 0 radical (unpaired) electrons. The number of piperazine rings is 1. The number of aliphatic hydroxyl groups is 1. The first-order valence-electron chi connectivity index (χ1n) is 11.1. The maximum Gasteiger partial charge on any atom is 0.294 e. The number of hydrogen-bond acceptors (Lipinski definition) is 7. The monoisotopic (exact) mass is 475 g/mol. The van der Waals surface area contributed by atoms with Crippen molar-refractivity contribution in [3.05, 3.63) is 87.8 Å². The van der Waals surface area contributed by atoms with Gasteiger partial charge < -0.3 is 20.0 Å². The Kier molecular flexibility index (Phi) is 5.85. The van der Waals surface area contributed by atoms with Crippen LogP contribution < -0.4 is 9.80 Å². The molecule has 1 saturated heterocycles. The van der Waals surface area contributed by atoms with Crippen molar-refractivity contribution in [2.75, 3.05) is 43.0 Å². The summed E-state index contributed by atoms with van der Waals surface area (Å²) in [5.41, 5.74) is 2.32. The number of likely N-dealkylation sites (N-methyl/N-ethyl adjacent to an activating group) is 1. The fourth-order valence-corrected chi connectivity index (χ4v) is 5.18. The van der Waals surface area contributed by atoms with Crippen LogP contribution in [0.5, 0.6) is 5.75 Å². The number of hydrogen-bond donors (Lipinski definition) is 2. The van der Waals surface area contributed by atoms with E-state index in [0.29, 0.717) is 16.1 Å². The maximum absolute atomic E-state index is 13.3. The highest BCUT2D eigenvalue weighted by molar-refractivity contribution is 7.12. The van der Waals surface area contributed by atoms with E-state index in [4.69, 9.17) is 0 Å². The average molecular weight is 476 g/mol. The Bertz CT molecular complexity index is 1230. The molecule has 0 saturated carbocycles. The summed E-state index contributed by atoms with van der Waals surface area (Å²) in [7, 11) is 2.11. The zero-order chi connectivity index (χ0) is 23.8. The number of anilines is 2. The molecule has 2 aromatic carbocycles. The van der Waals surface area contributed by atoms with Crippen LogP contribution in [0.2, 0.25) is 0 Å². The highest BCUT2D eigenvalue weighted by atomic mass is 32.1. The van der Waals surface area contributed by atoms with E-state index in [-0.39, 0.29) is 17.1 Å². The SMILES string of the molecule is CN1CCN(c2ccc(N3C(=O)C(O)=C(C(=O)c4cccs4)C3c3ccc(O)cc3)cc2)CC1. The number of aliphatic hydroxyl groups excluding tert-OH is 1. The van der Waals surface area contributed by atoms with Gasteiger partial charge in [0, 0.05) is 37.6 Å². The quantitative estimate of drug-likeness (QED) is 0.543. The molecule has 0 aliphatic carbocycles. The van der Waals surface area contributed by atoms with Crippen LogP contribution in [0, 0.1) is 0 Å². The van der Waals surface area contributed by atoms with E-state index >= 15 is 0 Å². The number of thiophene rings is 1. The van der Waals surface area contributed by atoms with Crippen LogP contribution in [0.1, 0.15) is 21.3 Å². The van der Waals surface area contributed by atoms with Crippen LogP contribution in [0.25, 0.3) is 0 Å². The Labute approximate surface area is 201 Å². The molecular weight excluding hydrogens is 450 g/mol. The summed E-state index contributed by atoms with van der Waals surface area (Å²) in [6.07, 6.45) is 0. The lowest BCUT2D eigenvalue weighted by molar-refractivity contribution is -0.117. The zero-order valence-electron chi connectivity index (χ0n) is 18.7. The summed E-state index contributed by atoms with van der Waals surface area (Å²) in [6, 6.07) is 16.6. The topological polar surface area (TPSA) is 84.3 Å². The molecule has 3 heterocycles. The molecule has 174 valence electrons. The Morgan fingerprint density at radius 3 is 2.18 bits per heavy atom. The van der Waals surface area contributed by atoms with Gasteiger partial charge >= 0.3 is 0 Å². The third-order valence-corrected chi connectivity index (χ3v) is 7.27. The second kappa shape index (κ2) is 8.96. The fourth-order valence-electron chi connectivity index (χ4n) is 4.50. The molecule has 5 rings (SSSR count). The summed E-state index contributed by atoms with van der Waals surface area (Å²) in [6.45, 7) is 3.83. The Hall–Kier alpha value is -3.62. The predicted octanol–water partition coefficient (Wildman–Crippen LogP) is 3.99. The van der Waals surface area contributed by atoms with Crippen molar-refractivity contribution in [1.29, 1.82) is 0 Å². The van der Waals surface area contributed by atoms with Crippen LogP contribution >= 0.6 is 11.3 Å². The summed E-state index contributed by atoms with van der Waals surface area (Å²) >= 11 is 1.26. The number of aromatic hydroxyl groups is 1. The molecule has 1 amide bonds. The highest BCUT2D eigenvalue weighted by Gasteiger charge is 2.44. The highest BCUT2D eigenvalue weighted by Crippen LogP contribution is 2.43. The number of carbonyl (C=O) groups excluding carboxylic acids is 2. The molecular formula is C26H25N3O4S. The molecule has 34 heavy (non-hydrogen) atoms. The van der Waals surface area contributed by atoms with Crippen molar-refractivity contribution >= 4 is 34.4 Å². The van der Waals surface area contributed by atoms with Gasteiger partial charge in [0.1, 0.15) is 5.75 Å². The normalized spacial score (nSPS) is 19.2. The number of rotatable bonds is 5. The number of carbonyl (C=O) groups is 2. The molecule has 3 aromatic rings. The van der Waals surface area contributed by atoms with Crippen molar-refractivity contribution in [2.45, 2.75) is 6.04 Å². The van der Waals surface area contributed by atoms with Crippen LogP contribution in [-0.2, 0) is 4.79 Å². The minimum atomic E-state index is -0.808. The van der Waals surface area contributed by atoms with Gasteiger partial charge in [-0.05, 0) is 60.5 Å². The minimum absolute atomic E-state index is 0.0429. The van der Waals surface area contributed by atoms with Crippen LogP contribution in [0.4, 0.5) is 11.4 Å². The standard InChI is InChI=1S/C26H25N3O4S/c1-27-12-14-28(15-13-27)18-6-8-19(9-7-18)29-23(17-4-10-20(30)11-5-17)22(25(32)26(29)33)24(31)21-3-2-16-34-21/h2-11,16,23,30,32H,12-15H2,1H3. The Balaban J connectivity index is 1.52. The van der Waals surface area contributed by atoms with Crippen molar-refractivity contribution in [2.24, 2.45) is 0 Å². The maximum atomic E-state index is 13.3. The number of nitrogens with zero attached hydrogens (tertiary/aromatic N) is 3. The van der Waals surface area contributed by atoms with Gasteiger partial charge in [-0.1, -0.05) is 18.2 Å². The Morgan fingerprint density at radius 1 is 0.912 bits per heavy atom. The zero-order valence-corrected chi connectivity index (χ0v) is 19.5. The van der Waals surface area contributed by atoms with Gasteiger partial charge in [0.05, 0.1) is 16.5 Å². The van der Waals surface area contributed by atoms with E-state index in [0.717, 1.165) is 31.9 Å². The van der Waals surface area contributed by atoms with Gasteiger partial charge in [-0.2, -0.15) is 0 Å². The van der Waals surface area contributed by atoms with Crippen molar-refractivity contribution in [1.82, 2.24) is 4.90 Å². The third-order valence-electron chi connectivity index (χ3n) is 6.40. The first-order valence-corrected chi connectivity index (χ1v) is 12.0. The molecule has 8 heteroatoms. The van der Waals surface area contributed by atoms with Crippen LogP contribution in [0.3, 0.4) is 0 Å². The molecule has 1 unspecified atom stereocenters. The van der Waals surface area contributed by atoms with Gasteiger partial charge in [0.15, 0.2) is 5.76 Å². The number of Topliss-reactive ketones (excluding diaryl/α,β-unsaturated/α-hetero) is 1. The predicted molar refractivity (Wildman–Crippen MR) is 133 cm³/mol. The lowest BCUT2D eigenvalue weighted by atomic mass is 9.95. The van der Waals surface area contributed by atoms with E-state index in [1.807, 2.05) is 24.3 Å². The number of benzene rings is 2. The van der Waals surface area contributed by atoms with Crippen molar-refractivity contribution in [3.63, 3.8) is 0 Å². The van der Waals surface area contributed by atoms with Gasteiger partial charge in [0.25, 0.3) is 5.91 Å². The lowest BCUT2D eigenvalue weighted by Gasteiger charge is -2.34. The molecule has 2 aliphatic rings. The summed E-state index contributed by atoms with van der Waals surface area (Å²) in [4.78, 5) is 33.1. The smallest absolute Gasteiger partial charge is 0.294 e. The molecule has 2 aliphatic heterocycles. The van der Waals surface area contributed by atoms with E-state index in [2.05, 4.69) is 16.8 Å². The summed E-state index contributed by atoms with van der Waals surface area (Å²) < 4.78 is 0. The fraction of sp³-hybridized carbons (Fsp3) is 0.231. The van der Waals surface area contributed by atoms with Gasteiger partial charge in [-0.3, -0.25) is 14.5 Å². The average Bonchev–Trinajstić information content (AvgIpc) is 3.48. The number of amides is 1. The third kappa shape index (κ3) is 3.95. The minimum Gasteiger partial charge on any atom is -0.508 e. The number of phenols is 1. The van der Waals surface area contributed by atoms with Crippen LogP contribution in [0.15, 0.2) is 77.4 Å². The van der Waals surface area contributed by atoms with E-state index < -0.39 is 17.7 Å². The van der Waals surface area contributed by atoms with Crippen LogP contribution in [-0.4, -0.2) is 60.0 Å². The molecule has 1 aromatic heterocycles. The molecule has 0 spiro atoms. The van der Waals surface area contributed by atoms with E-state index in [1.54, 1.807) is 29.6 Å². The lowest BCUT2D eigenvalue weighted by Crippen LogP contribution is -2.44. The molecule has 2 N–H and O–H groups in total. The largest absolute Gasteiger partial charge is 0.508 e. The first kappa shape index (κ1) is 22.2. The molecule has 0 bridgehead atoms. The van der Waals surface area contributed by atoms with Crippen molar-refractivity contribution in [3.8, 4) is 5.75 Å². The summed E-state index contributed by atoms with van der Waals surface area (Å²) in [5.74, 6) is -1.46. The first-order chi connectivity index (χ1) is 16.4.